The lowest BCUT2D eigenvalue weighted by molar-refractivity contribution is -0.119. The number of ether oxygens (including phenoxy) is 1. The number of benzene rings is 1. The first-order valence-corrected chi connectivity index (χ1v) is 5.82. The van der Waals surface area contributed by atoms with Crippen molar-refractivity contribution in [1.29, 1.82) is 0 Å². The van der Waals surface area contributed by atoms with Crippen molar-refractivity contribution in [2.24, 2.45) is 5.73 Å². The Balaban J connectivity index is 2.57. The van der Waals surface area contributed by atoms with Gasteiger partial charge in [-0.05, 0) is 31.2 Å². The number of urea groups is 1. The number of hydrogen-bond donors (Lipinski definition) is 2. The zero-order valence-corrected chi connectivity index (χ0v) is 10.4. The van der Waals surface area contributed by atoms with Crippen LogP contribution in [0.5, 0.6) is 5.75 Å². The molecule has 92 valence electrons. The summed E-state index contributed by atoms with van der Waals surface area (Å²) >= 11 is 1.34. The first-order chi connectivity index (χ1) is 8.02. The van der Waals surface area contributed by atoms with Gasteiger partial charge >= 0.3 is 6.03 Å². The number of thioether (sulfide) groups is 1. The second-order valence-corrected chi connectivity index (χ2v) is 4.70. The molecular weight excluding hydrogens is 240 g/mol. The number of imide groups is 1. The van der Waals surface area contributed by atoms with E-state index in [2.05, 4.69) is 0 Å². The van der Waals surface area contributed by atoms with E-state index in [1.165, 1.54) is 11.8 Å². The van der Waals surface area contributed by atoms with Gasteiger partial charge in [0, 0.05) is 4.90 Å². The van der Waals surface area contributed by atoms with E-state index in [0.29, 0.717) is 0 Å². The van der Waals surface area contributed by atoms with Crippen LogP contribution in [0.3, 0.4) is 0 Å². The smallest absolute Gasteiger partial charge is 0.318 e. The Morgan fingerprint density at radius 1 is 1.35 bits per heavy atom. The molecule has 0 fully saturated rings. The fourth-order valence-electron chi connectivity index (χ4n) is 1.13. The molecule has 0 aliphatic carbocycles. The fourth-order valence-corrected chi connectivity index (χ4v) is 2.00. The Morgan fingerprint density at radius 3 is 2.41 bits per heavy atom. The van der Waals surface area contributed by atoms with Crippen LogP contribution in [-0.2, 0) is 4.79 Å². The quantitative estimate of drug-likeness (QED) is 0.795. The Labute approximate surface area is 104 Å². The van der Waals surface area contributed by atoms with Crippen LogP contribution < -0.4 is 15.8 Å². The van der Waals surface area contributed by atoms with Gasteiger partial charge in [0.25, 0.3) is 0 Å². The highest BCUT2D eigenvalue weighted by molar-refractivity contribution is 8.00. The fraction of sp³-hybridized carbons (Fsp3) is 0.273. The summed E-state index contributed by atoms with van der Waals surface area (Å²) in [6, 6.07) is 6.47. The number of hydrogen-bond acceptors (Lipinski definition) is 4. The highest BCUT2D eigenvalue weighted by Gasteiger charge is 2.15. The molecule has 3 N–H and O–H groups in total. The molecule has 0 aliphatic rings. The number of carbonyl (C=O) groups excluding carboxylic acids is 2. The van der Waals surface area contributed by atoms with Crippen molar-refractivity contribution in [1.82, 2.24) is 5.32 Å². The number of primary amides is 1. The molecule has 0 heterocycles. The van der Waals surface area contributed by atoms with Crippen molar-refractivity contribution in [2.45, 2.75) is 17.1 Å². The van der Waals surface area contributed by atoms with Crippen molar-refractivity contribution in [3.8, 4) is 5.75 Å². The van der Waals surface area contributed by atoms with Gasteiger partial charge in [0.15, 0.2) is 0 Å². The van der Waals surface area contributed by atoms with Crippen LogP contribution in [0.25, 0.3) is 0 Å². The van der Waals surface area contributed by atoms with Crippen LogP contribution in [0.2, 0.25) is 0 Å². The van der Waals surface area contributed by atoms with Gasteiger partial charge in [0.1, 0.15) is 5.75 Å². The lowest BCUT2D eigenvalue weighted by Gasteiger charge is -2.10. The summed E-state index contributed by atoms with van der Waals surface area (Å²) in [6.07, 6.45) is 0. The van der Waals surface area contributed by atoms with Crippen molar-refractivity contribution >= 4 is 23.7 Å². The van der Waals surface area contributed by atoms with Gasteiger partial charge in [-0.3, -0.25) is 10.1 Å². The average Bonchev–Trinajstić information content (AvgIpc) is 2.29. The topological polar surface area (TPSA) is 81.4 Å². The van der Waals surface area contributed by atoms with Gasteiger partial charge < -0.3 is 10.5 Å². The van der Waals surface area contributed by atoms with Gasteiger partial charge in [-0.1, -0.05) is 0 Å². The molecular formula is C11H14N2O3S. The lowest BCUT2D eigenvalue weighted by Crippen LogP contribution is -2.39. The maximum absolute atomic E-state index is 11.4. The summed E-state index contributed by atoms with van der Waals surface area (Å²) in [5.74, 6) is 0.349. The Morgan fingerprint density at radius 2 is 1.94 bits per heavy atom. The number of methoxy groups -OCH3 is 1. The largest absolute Gasteiger partial charge is 0.497 e. The monoisotopic (exact) mass is 254 g/mol. The van der Waals surface area contributed by atoms with Crippen molar-refractivity contribution in [3.05, 3.63) is 24.3 Å². The van der Waals surface area contributed by atoms with Crippen LogP contribution in [0.1, 0.15) is 6.92 Å². The minimum absolute atomic E-state index is 0.393. The molecule has 17 heavy (non-hydrogen) atoms. The van der Waals surface area contributed by atoms with Gasteiger partial charge in [-0.15, -0.1) is 11.8 Å². The molecule has 1 rings (SSSR count). The predicted molar refractivity (Wildman–Crippen MR) is 66.0 cm³/mol. The van der Waals surface area contributed by atoms with E-state index in [0.717, 1.165) is 10.6 Å². The normalized spacial score (nSPS) is 11.6. The molecule has 3 amide bonds. The summed E-state index contributed by atoms with van der Waals surface area (Å²) in [5, 5.41) is 1.65. The second-order valence-electron chi connectivity index (χ2n) is 3.29. The van der Waals surface area contributed by atoms with Crippen molar-refractivity contribution in [2.75, 3.05) is 7.11 Å². The summed E-state index contributed by atoms with van der Waals surface area (Å²) in [4.78, 5) is 22.9. The summed E-state index contributed by atoms with van der Waals surface area (Å²) in [5.41, 5.74) is 4.87. The maximum atomic E-state index is 11.4. The molecule has 1 aromatic carbocycles. The third-order valence-electron chi connectivity index (χ3n) is 1.99. The molecule has 0 saturated carbocycles. The molecule has 0 bridgehead atoms. The molecule has 0 saturated heterocycles. The van der Waals surface area contributed by atoms with E-state index in [1.807, 2.05) is 17.4 Å². The molecule has 0 aromatic heterocycles. The van der Waals surface area contributed by atoms with Crippen LogP contribution in [-0.4, -0.2) is 24.3 Å². The third-order valence-corrected chi connectivity index (χ3v) is 3.10. The van der Waals surface area contributed by atoms with Crippen LogP contribution >= 0.6 is 11.8 Å². The molecule has 0 spiro atoms. The minimum atomic E-state index is -0.836. The van der Waals surface area contributed by atoms with Crippen LogP contribution in [0, 0.1) is 0 Å². The van der Waals surface area contributed by atoms with E-state index in [-0.39, 0.29) is 0 Å². The maximum Gasteiger partial charge on any atom is 0.318 e. The zero-order chi connectivity index (χ0) is 12.8. The van der Waals surface area contributed by atoms with Gasteiger partial charge in [-0.2, -0.15) is 0 Å². The molecule has 6 heteroatoms. The summed E-state index contributed by atoms with van der Waals surface area (Å²) in [7, 11) is 1.59. The Hall–Kier alpha value is -1.69. The van der Waals surface area contributed by atoms with Gasteiger partial charge in [-0.25, -0.2) is 4.79 Å². The van der Waals surface area contributed by atoms with Gasteiger partial charge in [0.2, 0.25) is 5.91 Å². The van der Waals surface area contributed by atoms with E-state index >= 15 is 0 Å². The first-order valence-electron chi connectivity index (χ1n) is 4.94. The lowest BCUT2D eigenvalue weighted by atomic mass is 10.3. The highest BCUT2D eigenvalue weighted by Crippen LogP contribution is 2.25. The van der Waals surface area contributed by atoms with Crippen molar-refractivity contribution < 1.29 is 14.3 Å². The molecule has 5 nitrogen and oxygen atoms in total. The van der Waals surface area contributed by atoms with E-state index in [9.17, 15) is 9.59 Å². The van der Waals surface area contributed by atoms with Crippen LogP contribution in [0.15, 0.2) is 29.2 Å². The average molecular weight is 254 g/mol. The molecule has 0 aliphatic heterocycles. The van der Waals surface area contributed by atoms with E-state index in [4.69, 9.17) is 10.5 Å². The Bertz CT molecular complexity index is 406. The van der Waals surface area contributed by atoms with Gasteiger partial charge in [0.05, 0.1) is 12.4 Å². The number of carbonyl (C=O) groups is 2. The van der Waals surface area contributed by atoms with E-state index in [1.54, 1.807) is 26.2 Å². The SMILES string of the molecule is COc1ccc(SC(C)C(=O)NC(N)=O)cc1. The Kier molecular flexibility index (Phi) is 4.84. The summed E-state index contributed by atoms with van der Waals surface area (Å²) in [6.45, 7) is 1.70. The number of rotatable bonds is 4. The molecule has 1 aromatic rings. The number of nitrogens with two attached hydrogens (primary N) is 1. The third kappa shape index (κ3) is 4.36. The standard InChI is InChI=1S/C11H14N2O3S/c1-7(10(14)13-11(12)15)17-9-5-3-8(16-2)4-6-9/h3-7H,1-2H3,(H3,12,13,14,15). The highest BCUT2D eigenvalue weighted by atomic mass is 32.2. The second kappa shape index (κ2) is 6.15. The number of nitrogens with one attached hydrogen (secondary N) is 1. The first kappa shape index (κ1) is 13.4. The molecule has 1 atom stereocenters. The van der Waals surface area contributed by atoms with Crippen molar-refractivity contribution in [3.63, 3.8) is 0 Å². The summed E-state index contributed by atoms with van der Waals surface area (Å²) < 4.78 is 5.02. The zero-order valence-electron chi connectivity index (χ0n) is 9.60. The number of amides is 3. The minimum Gasteiger partial charge on any atom is -0.497 e. The molecule has 0 radical (unpaired) electrons. The van der Waals surface area contributed by atoms with Crippen LogP contribution in [0.4, 0.5) is 4.79 Å². The molecule has 1 unspecified atom stereocenters. The predicted octanol–water partition coefficient (Wildman–Crippen LogP) is 1.37. The van der Waals surface area contributed by atoms with E-state index < -0.39 is 17.2 Å².